The molecule has 3 saturated heterocycles. The Balaban J connectivity index is 1.46. The Morgan fingerprint density at radius 3 is 2.76 bits per heavy atom. The van der Waals surface area contributed by atoms with E-state index in [2.05, 4.69) is 0 Å². The van der Waals surface area contributed by atoms with Crippen molar-refractivity contribution in [2.45, 2.75) is 37.5 Å². The van der Waals surface area contributed by atoms with Crippen LogP contribution >= 0.6 is 0 Å². The number of likely N-dealkylation sites (tertiary alicyclic amines) is 2. The number of carbonyl (C=O) groups is 3. The largest absolute Gasteiger partial charge is 0.550 e. The van der Waals surface area contributed by atoms with Gasteiger partial charge in [-0.15, -0.1) is 0 Å². The maximum absolute atomic E-state index is 12.9. The Morgan fingerprint density at radius 2 is 2.12 bits per heavy atom. The Bertz CT molecular complexity index is 641. The Morgan fingerprint density at radius 1 is 1.40 bits per heavy atom. The van der Waals surface area contributed by atoms with E-state index in [0.717, 1.165) is 0 Å². The SMILES string of the molecule is CCOC(=O)N1CCC(N2C[C@@]34C=C[C@H](O3)[C@@H](C(=O)[O-])[C@@H]4C2=O)CC1. The summed E-state index contributed by atoms with van der Waals surface area (Å²) >= 11 is 0. The first-order valence-corrected chi connectivity index (χ1v) is 8.77. The van der Waals surface area contributed by atoms with E-state index in [-0.39, 0.29) is 18.0 Å². The van der Waals surface area contributed by atoms with Crippen molar-refractivity contribution in [2.24, 2.45) is 11.8 Å². The molecule has 0 N–H and O–H groups in total. The molecular weight excluding hydrogens is 328 g/mol. The van der Waals surface area contributed by atoms with Crippen LogP contribution in [0.3, 0.4) is 0 Å². The number of hydrogen-bond donors (Lipinski definition) is 0. The highest BCUT2D eigenvalue weighted by Crippen LogP contribution is 2.52. The van der Waals surface area contributed by atoms with Gasteiger partial charge >= 0.3 is 6.09 Å². The van der Waals surface area contributed by atoms with Crippen LogP contribution in [0.15, 0.2) is 12.2 Å². The van der Waals surface area contributed by atoms with Crippen molar-refractivity contribution in [1.82, 2.24) is 9.80 Å². The third kappa shape index (κ3) is 2.34. The summed E-state index contributed by atoms with van der Waals surface area (Å²) in [6, 6.07) is -0.0170. The van der Waals surface area contributed by atoms with Crippen molar-refractivity contribution >= 4 is 18.0 Å². The molecule has 25 heavy (non-hydrogen) atoms. The van der Waals surface area contributed by atoms with Gasteiger partial charge in [0.1, 0.15) is 5.60 Å². The molecule has 8 nitrogen and oxygen atoms in total. The van der Waals surface area contributed by atoms with E-state index >= 15 is 0 Å². The number of aliphatic carboxylic acids is 1. The molecule has 4 heterocycles. The lowest BCUT2D eigenvalue weighted by Crippen LogP contribution is -2.49. The van der Waals surface area contributed by atoms with Crippen molar-refractivity contribution in [1.29, 1.82) is 0 Å². The average Bonchev–Trinajstić information content (AvgIpc) is 3.23. The summed E-state index contributed by atoms with van der Waals surface area (Å²) in [6.07, 6.45) is 3.98. The molecule has 1 spiro atoms. The van der Waals surface area contributed by atoms with E-state index < -0.39 is 29.5 Å². The summed E-state index contributed by atoms with van der Waals surface area (Å²) in [7, 11) is 0. The third-order valence-electron chi connectivity index (χ3n) is 5.83. The Hall–Kier alpha value is -2.09. The number of nitrogens with zero attached hydrogens (tertiary/aromatic N) is 2. The lowest BCUT2D eigenvalue weighted by atomic mass is 9.77. The number of fused-ring (bicyclic) bond motifs is 1. The molecule has 4 aliphatic rings. The van der Waals surface area contributed by atoms with Gasteiger partial charge in [0.15, 0.2) is 0 Å². The molecule has 0 unspecified atom stereocenters. The number of carbonyl (C=O) groups excluding carboxylic acids is 3. The zero-order chi connectivity index (χ0) is 17.8. The molecule has 0 aromatic heterocycles. The van der Waals surface area contributed by atoms with Gasteiger partial charge in [0.2, 0.25) is 5.91 Å². The quantitative estimate of drug-likeness (QED) is 0.615. The molecule has 0 aromatic rings. The molecule has 0 aliphatic carbocycles. The maximum atomic E-state index is 12.9. The number of hydrogen-bond acceptors (Lipinski definition) is 6. The summed E-state index contributed by atoms with van der Waals surface area (Å²) < 4.78 is 10.9. The van der Waals surface area contributed by atoms with Crippen molar-refractivity contribution in [2.75, 3.05) is 26.2 Å². The highest BCUT2D eigenvalue weighted by molar-refractivity contribution is 5.90. The number of piperidine rings is 1. The second-order valence-corrected chi connectivity index (χ2v) is 7.10. The van der Waals surface area contributed by atoms with Gasteiger partial charge in [-0.25, -0.2) is 4.79 Å². The summed E-state index contributed by atoms with van der Waals surface area (Å²) in [4.78, 5) is 39.6. The van der Waals surface area contributed by atoms with Crippen LogP contribution < -0.4 is 5.11 Å². The summed E-state index contributed by atoms with van der Waals surface area (Å²) in [6.45, 7) is 3.52. The fraction of sp³-hybridized carbons (Fsp3) is 0.706. The van der Waals surface area contributed by atoms with Crippen LogP contribution in [0.2, 0.25) is 0 Å². The van der Waals surface area contributed by atoms with Crippen LogP contribution in [0.25, 0.3) is 0 Å². The Kier molecular flexibility index (Phi) is 3.75. The average molecular weight is 349 g/mol. The van der Waals surface area contributed by atoms with E-state index in [1.165, 1.54) is 0 Å². The molecule has 8 heteroatoms. The molecule has 0 radical (unpaired) electrons. The van der Waals surface area contributed by atoms with E-state index in [9.17, 15) is 19.5 Å². The molecule has 3 fully saturated rings. The van der Waals surface area contributed by atoms with E-state index in [0.29, 0.717) is 39.1 Å². The molecule has 0 aromatic carbocycles. The van der Waals surface area contributed by atoms with Crippen molar-refractivity contribution in [3.63, 3.8) is 0 Å². The zero-order valence-corrected chi connectivity index (χ0v) is 14.1. The first kappa shape index (κ1) is 16.4. The lowest BCUT2D eigenvalue weighted by Gasteiger charge is -2.37. The topological polar surface area (TPSA) is 99.2 Å². The van der Waals surface area contributed by atoms with Crippen molar-refractivity contribution < 1.29 is 29.0 Å². The monoisotopic (exact) mass is 349 g/mol. The number of rotatable bonds is 3. The van der Waals surface area contributed by atoms with Gasteiger partial charge in [-0.05, 0) is 19.8 Å². The number of carboxylic acids is 1. The van der Waals surface area contributed by atoms with Gasteiger partial charge in [-0.1, -0.05) is 12.2 Å². The number of amides is 2. The third-order valence-corrected chi connectivity index (χ3v) is 5.83. The van der Waals surface area contributed by atoms with Crippen molar-refractivity contribution in [3.8, 4) is 0 Å². The lowest BCUT2D eigenvalue weighted by molar-refractivity contribution is -0.313. The van der Waals surface area contributed by atoms with Gasteiger partial charge in [-0.2, -0.15) is 0 Å². The molecule has 4 rings (SSSR count). The molecular formula is C17H21N2O6-. The summed E-state index contributed by atoms with van der Waals surface area (Å²) in [5.74, 6) is -3.01. The predicted octanol–water partition coefficient (Wildman–Crippen LogP) is -0.861. The maximum Gasteiger partial charge on any atom is 0.409 e. The second kappa shape index (κ2) is 5.72. The minimum absolute atomic E-state index is 0.0170. The standard InChI is InChI=1S/C17H22N2O6/c1-2-24-16(23)18-7-4-10(5-8-18)19-9-17-6-3-11(25-17)12(15(21)22)13(17)14(19)20/h3,6,10-13H,2,4-5,7-9H2,1H3,(H,21,22)/p-1/t11-,12+,13+,17+/m0/s1. The van der Waals surface area contributed by atoms with Gasteiger partial charge in [0, 0.05) is 31.0 Å². The first-order chi connectivity index (χ1) is 12.0. The molecule has 136 valence electrons. The van der Waals surface area contributed by atoms with Crippen LogP contribution in [0, 0.1) is 11.8 Å². The molecule has 2 amide bonds. The molecule has 2 bridgehead atoms. The fourth-order valence-corrected chi connectivity index (χ4v) is 4.68. The zero-order valence-electron chi connectivity index (χ0n) is 14.1. The van der Waals surface area contributed by atoms with Gasteiger partial charge in [-0.3, -0.25) is 4.79 Å². The van der Waals surface area contributed by atoms with Gasteiger partial charge in [0.25, 0.3) is 0 Å². The second-order valence-electron chi connectivity index (χ2n) is 7.10. The minimum atomic E-state index is -1.23. The molecule has 0 saturated carbocycles. The normalized spacial score (nSPS) is 36.8. The van der Waals surface area contributed by atoms with E-state index in [4.69, 9.17) is 9.47 Å². The molecule has 4 aliphatic heterocycles. The highest BCUT2D eigenvalue weighted by atomic mass is 16.6. The minimum Gasteiger partial charge on any atom is -0.550 e. The number of ether oxygens (including phenoxy) is 2. The van der Waals surface area contributed by atoms with E-state index in [1.54, 1.807) is 22.8 Å². The van der Waals surface area contributed by atoms with Crippen LogP contribution in [-0.4, -0.2) is 71.8 Å². The predicted molar refractivity (Wildman–Crippen MR) is 82.1 cm³/mol. The molecule has 4 atom stereocenters. The van der Waals surface area contributed by atoms with E-state index in [1.807, 2.05) is 6.08 Å². The van der Waals surface area contributed by atoms with Crippen LogP contribution in [-0.2, 0) is 19.1 Å². The summed E-state index contributed by atoms with van der Waals surface area (Å²) in [5.41, 5.74) is -0.829. The smallest absolute Gasteiger partial charge is 0.409 e. The number of carboxylic acid groups (broad SMARTS) is 1. The first-order valence-electron chi connectivity index (χ1n) is 8.77. The summed E-state index contributed by atoms with van der Waals surface area (Å²) in [5, 5.41) is 11.5. The van der Waals surface area contributed by atoms with Crippen LogP contribution in [0.4, 0.5) is 4.79 Å². The van der Waals surface area contributed by atoms with Crippen LogP contribution in [0.1, 0.15) is 19.8 Å². The highest BCUT2D eigenvalue weighted by Gasteiger charge is 2.66. The van der Waals surface area contributed by atoms with Gasteiger partial charge in [0.05, 0.1) is 25.2 Å². The van der Waals surface area contributed by atoms with Crippen molar-refractivity contribution in [3.05, 3.63) is 12.2 Å². The fourth-order valence-electron chi connectivity index (χ4n) is 4.68. The Labute approximate surface area is 145 Å². The van der Waals surface area contributed by atoms with Gasteiger partial charge < -0.3 is 29.2 Å². The van der Waals surface area contributed by atoms with Crippen LogP contribution in [0.5, 0.6) is 0 Å².